The second-order valence-corrected chi connectivity index (χ2v) is 9.81. The summed E-state index contributed by atoms with van der Waals surface area (Å²) in [5, 5.41) is 0. The van der Waals surface area contributed by atoms with Crippen LogP contribution in [0.3, 0.4) is 0 Å². The predicted molar refractivity (Wildman–Crippen MR) is 118 cm³/mol. The van der Waals surface area contributed by atoms with Crippen molar-refractivity contribution in [3.8, 4) is 0 Å². The van der Waals surface area contributed by atoms with Gasteiger partial charge in [-0.3, -0.25) is 4.90 Å². The van der Waals surface area contributed by atoms with E-state index in [1.54, 1.807) is 0 Å². The van der Waals surface area contributed by atoms with E-state index in [2.05, 4.69) is 57.0 Å². The molecule has 0 saturated carbocycles. The zero-order valence-electron chi connectivity index (χ0n) is 17.2. The van der Waals surface area contributed by atoms with Gasteiger partial charge in [-0.1, -0.05) is 30.3 Å². The van der Waals surface area contributed by atoms with Gasteiger partial charge in [0.1, 0.15) is 0 Å². The van der Waals surface area contributed by atoms with Gasteiger partial charge >= 0.3 is 33.3 Å². The third kappa shape index (κ3) is 10.3. The van der Waals surface area contributed by atoms with Crippen LogP contribution in [0, 0.1) is 0 Å². The van der Waals surface area contributed by atoms with E-state index in [1.165, 1.54) is 90.3 Å². The molecule has 3 rings (SSSR count). The zero-order valence-corrected chi connectivity index (χ0v) is 19.9. The first-order chi connectivity index (χ1) is 13.7. The van der Waals surface area contributed by atoms with Crippen molar-refractivity contribution in [2.45, 2.75) is 25.8 Å². The van der Waals surface area contributed by atoms with Crippen molar-refractivity contribution in [1.29, 1.82) is 0 Å². The van der Waals surface area contributed by atoms with Crippen molar-refractivity contribution in [2.75, 3.05) is 72.5 Å². The van der Waals surface area contributed by atoms with E-state index in [0.717, 1.165) is 6.54 Å². The summed E-state index contributed by atoms with van der Waals surface area (Å²) in [4.78, 5) is 10.6. The molecule has 2 unspecified atom stereocenters. The van der Waals surface area contributed by atoms with E-state index >= 15 is 0 Å². The predicted octanol–water partition coefficient (Wildman–Crippen LogP) is 3.60. The number of fused-ring (bicyclic) bond motifs is 4. The Kier molecular flexibility index (Phi) is 13.1. The number of rotatable bonds is 2. The molecule has 0 radical (unpaired) electrons. The first-order valence-electron chi connectivity index (χ1n) is 10.5. The molecule has 4 nitrogen and oxygen atoms in total. The molecule has 1 aromatic carbocycles. The molecule has 2 aliphatic rings. The average molecular weight is 470 g/mol. The molecule has 161 valence electrons. The van der Waals surface area contributed by atoms with Gasteiger partial charge in [-0.15, -0.1) is 0 Å². The number of nitrogens with zero attached hydrogens (tertiary/aromatic N) is 4. The Hall–Kier alpha value is 0.159. The molecule has 2 bridgehead atoms. The fourth-order valence-corrected chi connectivity index (χ4v) is 4.09. The molecule has 0 aliphatic carbocycles. The summed E-state index contributed by atoms with van der Waals surface area (Å²) in [6.45, 7) is 13.4. The van der Waals surface area contributed by atoms with Crippen molar-refractivity contribution in [3.05, 3.63) is 35.9 Å². The zero-order chi connectivity index (χ0) is 20.0. The fraction of sp³-hybridized carbons (Fsp3) is 0.714. The van der Waals surface area contributed by atoms with E-state index < -0.39 is 0 Å². The molecule has 28 heavy (non-hydrogen) atoms. The van der Waals surface area contributed by atoms with Gasteiger partial charge in [0.05, 0.1) is 0 Å². The fourth-order valence-electron chi connectivity index (χ4n) is 4.09. The minimum atomic E-state index is 0.00694. The van der Waals surface area contributed by atoms with Crippen LogP contribution >= 0.6 is 20.2 Å². The van der Waals surface area contributed by atoms with Crippen LogP contribution in [0.1, 0.15) is 24.8 Å². The van der Waals surface area contributed by atoms with E-state index in [0.29, 0.717) is 0 Å². The van der Waals surface area contributed by atoms with Crippen LogP contribution in [0.2, 0.25) is 0 Å². The molecular formula is C21H36Cl2MnN4. The number of benzene rings is 1. The quantitative estimate of drug-likeness (QED) is 0.613. The molecule has 2 atom stereocenters. The normalized spacial score (nSPS) is 26.0. The molecule has 2 saturated heterocycles. The molecule has 0 N–H and O–H groups in total. The molecule has 7 heteroatoms. The first kappa shape index (κ1) is 24.4. The molecule has 0 amide bonds. The summed E-state index contributed by atoms with van der Waals surface area (Å²) in [7, 11) is 11.9. The SMILES string of the molecule is CN1CCCN2CCCN(CCCN(Cc3ccccc3)CC2)CC1.[Cl][Mn][Cl]. The van der Waals surface area contributed by atoms with Crippen LogP contribution in [-0.4, -0.2) is 92.1 Å². The van der Waals surface area contributed by atoms with E-state index in [-0.39, 0.29) is 13.1 Å². The van der Waals surface area contributed by atoms with Crippen LogP contribution in [0.15, 0.2) is 30.3 Å². The van der Waals surface area contributed by atoms with Crippen molar-refractivity contribution in [2.24, 2.45) is 0 Å². The van der Waals surface area contributed by atoms with Gasteiger partial charge in [-0.25, -0.2) is 0 Å². The Labute approximate surface area is 186 Å². The summed E-state index contributed by atoms with van der Waals surface area (Å²) in [6.07, 6.45) is 3.91. The molecule has 2 heterocycles. The number of hydrogen-bond acceptors (Lipinski definition) is 4. The number of halogens is 2. The van der Waals surface area contributed by atoms with Gasteiger partial charge in [0.25, 0.3) is 0 Å². The third-order valence-corrected chi connectivity index (χ3v) is 5.69. The first-order valence-corrected chi connectivity index (χ1v) is 13.7. The molecule has 2 aliphatic heterocycles. The van der Waals surface area contributed by atoms with Crippen molar-refractivity contribution in [1.82, 2.24) is 19.6 Å². The summed E-state index contributed by atoms with van der Waals surface area (Å²) >= 11 is 0.00694. The maximum absolute atomic E-state index is 4.80. The summed E-state index contributed by atoms with van der Waals surface area (Å²) in [6, 6.07) is 11.0. The van der Waals surface area contributed by atoms with Crippen LogP contribution in [-0.2, 0) is 19.7 Å². The standard InChI is InChI=1S/C21H36N4.2ClH.Mn/c1-22-10-5-11-24-13-6-12-23(17-16-22)14-7-15-25(19-18-24)20-21-8-3-2-4-9-21;;;/h2-4,8-9H,5-7,10-20H2,1H3;2*1H;/q;;;+2/p-2. The van der Waals surface area contributed by atoms with E-state index in [1.807, 2.05) is 0 Å². The van der Waals surface area contributed by atoms with Crippen molar-refractivity contribution >= 4 is 20.2 Å². The Morgan fingerprint density at radius 2 is 1.25 bits per heavy atom. The monoisotopic (exact) mass is 469 g/mol. The molecular weight excluding hydrogens is 434 g/mol. The molecule has 2 fully saturated rings. The van der Waals surface area contributed by atoms with Gasteiger partial charge in [-0.05, 0) is 71.1 Å². The van der Waals surface area contributed by atoms with Crippen molar-refractivity contribution < 1.29 is 13.1 Å². The number of likely N-dealkylation sites (N-methyl/N-ethyl adjacent to an activating group) is 1. The average Bonchev–Trinajstić information content (AvgIpc) is 2.76. The molecule has 0 aromatic heterocycles. The Morgan fingerprint density at radius 1 is 0.714 bits per heavy atom. The topological polar surface area (TPSA) is 13.0 Å². The minimum absolute atomic E-state index is 0.00694. The van der Waals surface area contributed by atoms with E-state index in [4.69, 9.17) is 20.2 Å². The van der Waals surface area contributed by atoms with Gasteiger partial charge in [0.2, 0.25) is 0 Å². The van der Waals surface area contributed by atoms with Gasteiger partial charge < -0.3 is 14.7 Å². The van der Waals surface area contributed by atoms with Crippen molar-refractivity contribution in [3.63, 3.8) is 0 Å². The Balaban J connectivity index is 0.000000878. The van der Waals surface area contributed by atoms with Gasteiger partial charge in [-0.2, -0.15) is 0 Å². The van der Waals surface area contributed by atoms with Gasteiger partial charge in [0, 0.05) is 32.7 Å². The van der Waals surface area contributed by atoms with Crippen LogP contribution in [0.25, 0.3) is 0 Å². The Bertz CT molecular complexity index is 508. The maximum atomic E-state index is 4.80. The number of hydrogen-bond donors (Lipinski definition) is 0. The van der Waals surface area contributed by atoms with E-state index in [9.17, 15) is 0 Å². The summed E-state index contributed by atoms with van der Waals surface area (Å²) in [5.41, 5.74) is 1.45. The Morgan fingerprint density at radius 3 is 1.89 bits per heavy atom. The van der Waals surface area contributed by atoms with Crippen LogP contribution < -0.4 is 0 Å². The van der Waals surface area contributed by atoms with Crippen LogP contribution in [0.4, 0.5) is 0 Å². The second-order valence-electron chi connectivity index (χ2n) is 7.86. The second kappa shape index (κ2) is 15.0. The molecule has 1 aromatic rings. The molecule has 0 spiro atoms. The van der Waals surface area contributed by atoms with Gasteiger partial charge in [0.15, 0.2) is 0 Å². The van der Waals surface area contributed by atoms with Crippen LogP contribution in [0.5, 0.6) is 0 Å². The third-order valence-electron chi connectivity index (χ3n) is 5.69. The summed E-state index contributed by atoms with van der Waals surface area (Å²) in [5.74, 6) is 0. The summed E-state index contributed by atoms with van der Waals surface area (Å²) < 4.78 is 0.